The highest BCUT2D eigenvalue weighted by Crippen LogP contribution is 2.35. The van der Waals surface area contributed by atoms with Gasteiger partial charge in [-0.15, -0.1) is 0 Å². The molecule has 0 aromatic rings. The first-order valence-electron chi connectivity index (χ1n) is 4.85. The van der Waals surface area contributed by atoms with Crippen molar-refractivity contribution in [1.29, 1.82) is 0 Å². The van der Waals surface area contributed by atoms with Crippen molar-refractivity contribution in [3.05, 3.63) is 11.6 Å². The molecule has 0 radical (unpaired) electrons. The average molecular weight is 152 g/mol. The first kappa shape index (κ1) is 8.83. The fraction of sp³-hybridized carbons (Fsp3) is 0.818. The molecule has 0 saturated heterocycles. The van der Waals surface area contributed by atoms with Gasteiger partial charge in [0, 0.05) is 0 Å². The van der Waals surface area contributed by atoms with Crippen LogP contribution in [0.25, 0.3) is 0 Å². The van der Waals surface area contributed by atoms with E-state index in [1.165, 1.54) is 12.8 Å². The maximum Gasteiger partial charge on any atom is -0.0203 e. The zero-order valence-electron chi connectivity index (χ0n) is 8.22. The van der Waals surface area contributed by atoms with Gasteiger partial charge in [-0.25, -0.2) is 0 Å². The van der Waals surface area contributed by atoms with Crippen LogP contribution in [0.2, 0.25) is 0 Å². The van der Waals surface area contributed by atoms with Crippen molar-refractivity contribution in [3.63, 3.8) is 0 Å². The average Bonchev–Trinajstić information content (AvgIpc) is 2.01. The van der Waals surface area contributed by atoms with E-state index >= 15 is 0 Å². The van der Waals surface area contributed by atoms with E-state index in [-0.39, 0.29) is 0 Å². The molecule has 0 bridgehead atoms. The van der Waals surface area contributed by atoms with E-state index < -0.39 is 0 Å². The summed E-state index contributed by atoms with van der Waals surface area (Å²) in [5.74, 6) is 2.60. The van der Waals surface area contributed by atoms with Crippen LogP contribution in [0.1, 0.15) is 40.5 Å². The summed E-state index contributed by atoms with van der Waals surface area (Å²) in [5.41, 5.74) is 1.68. The number of hydrogen-bond acceptors (Lipinski definition) is 0. The zero-order valence-corrected chi connectivity index (χ0v) is 8.22. The Balaban J connectivity index is 2.70. The van der Waals surface area contributed by atoms with Gasteiger partial charge in [-0.3, -0.25) is 0 Å². The molecule has 64 valence electrons. The number of hydrogen-bond donors (Lipinski definition) is 0. The van der Waals surface area contributed by atoms with Gasteiger partial charge in [0.25, 0.3) is 0 Å². The van der Waals surface area contributed by atoms with Crippen molar-refractivity contribution < 1.29 is 0 Å². The Bertz CT molecular complexity index is 155. The van der Waals surface area contributed by atoms with E-state index in [9.17, 15) is 0 Å². The standard InChI is InChI=1S/C11H20/c1-5-11-7-6-8(2)9(3)10(11)4/h7-10H,5-6H2,1-4H3. The summed E-state index contributed by atoms with van der Waals surface area (Å²) in [5, 5.41) is 0. The minimum atomic E-state index is 0.823. The minimum absolute atomic E-state index is 0.823. The van der Waals surface area contributed by atoms with Crippen LogP contribution in [0, 0.1) is 17.8 Å². The normalized spacial score (nSPS) is 38.5. The lowest BCUT2D eigenvalue weighted by Gasteiger charge is -2.32. The fourth-order valence-corrected chi connectivity index (χ4v) is 2.03. The highest BCUT2D eigenvalue weighted by Gasteiger charge is 2.24. The predicted octanol–water partition coefficient (Wildman–Crippen LogP) is 3.63. The molecular weight excluding hydrogens is 132 g/mol. The van der Waals surface area contributed by atoms with E-state index in [0.29, 0.717) is 0 Å². The third-order valence-corrected chi connectivity index (χ3v) is 3.43. The molecule has 0 spiro atoms. The van der Waals surface area contributed by atoms with Gasteiger partial charge < -0.3 is 0 Å². The van der Waals surface area contributed by atoms with Gasteiger partial charge in [0.05, 0.1) is 0 Å². The quantitative estimate of drug-likeness (QED) is 0.503. The van der Waals surface area contributed by atoms with Gasteiger partial charge in [0.1, 0.15) is 0 Å². The van der Waals surface area contributed by atoms with Gasteiger partial charge in [-0.05, 0) is 30.6 Å². The molecule has 0 saturated carbocycles. The van der Waals surface area contributed by atoms with E-state index in [4.69, 9.17) is 0 Å². The molecule has 1 aliphatic carbocycles. The van der Waals surface area contributed by atoms with Crippen LogP contribution in [-0.2, 0) is 0 Å². The lowest BCUT2D eigenvalue weighted by atomic mass is 9.74. The van der Waals surface area contributed by atoms with Crippen LogP contribution in [0.15, 0.2) is 11.6 Å². The Morgan fingerprint density at radius 1 is 1.36 bits per heavy atom. The molecule has 1 rings (SSSR count). The highest BCUT2D eigenvalue weighted by atomic mass is 14.3. The smallest absolute Gasteiger partial charge is 0.0203 e. The van der Waals surface area contributed by atoms with Gasteiger partial charge in [-0.2, -0.15) is 0 Å². The van der Waals surface area contributed by atoms with Crippen LogP contribution < -0.4 is 0 Å². The molecule has 0 aliphatic heterocycles. The molecule has 0 aromatic carbocycles. The lowest BCUT2D eigenvalue weighted by molar-refractivity contribution is 0.288. The Labute approximate surface area is 70.7 Å². The Hall–Kier alpha value is -0.260. The molecular formula is C11H20. The van der Waals surface area contributed by atoms with Crippen molar-refractivity contribution in [1.82, 2.24) is 0 Å². The molecule has 0 nitrogen and oxygen atoms in total. The summed E-state index contributed by atoms with van der Waals surface area (Å²) in [6.07, 6.45) is 5.00. The molecule has 0 aromatic heterocycles. The Kier molecular flexibility index (Phi) is 2.75. The number of allylic oxidation sites excluding steroid dienone is 2. The van der Waals surface area contributed by atoms with Crippen molar-refractivity contribution >= 4 is 0 Å². The van der Waals surface area contributed by atoms with Gasteiger partial charge in [0.2, 0.25) is 0 Å². The second-order valence-corrected chi connectivity index (χ2v) is 3.99. The molecule has 0 fully saturated rings. The summed E-state index contributed by atoms with van der Waals surface area (Å²) >= 11 is 0. The van der Waals surface area contributed by atoms with Crippen LogP contribution in [0.4, 0.5) is 0 Å². The van der Waals surface area contributed by atoms with E-state index in [2.05, 4.69) is 33.8 Å². The first-order valence-corrected chi connectivity index (χ1v) is 4.85. The highest BCUT2D eigenvalue weighted by molar-refractivity contribution is 5.10. The Morgan fingerprint density at radius 2 is 2.00 bits per heavy atom. The summed E-state index contributed by atoms with van der Waals surface area (Å²) in [4.78, 5) is 0. The lowest BCUT2D eigenvalue weighted by Crippen LogP contribution is -2.21. The molecule has 3 atom stereocenters. The first-order chi connectivity index (χ1) is 5.16. The summed E-state index contributed by atoms with van der Waals surface area (Å²) in [6.45, 7) is 9.39. The molecule has 1 aliphatic rings. The third kappa shape index (κ3) is 1.66. The van der Waals surface area contributed by atoms with Gasteiger partial charge in [0.15, 0.2) is 0 Å². The second kappa shape index (κ2) is 3.42. The topological polar surface area (TPSA) is 0 Å². The van der Waals surface area contributed by atoms with Crippen LogP contribution in [0.5, 0.6) is 0 Å². The summed E-state index contributed by atoms with van der Waals surface area (Å²) in [7, 11) is 0. The van der Waals surface area contributed by atoms with E-state index in [1.54, 1.807) is 5.57 Å². The van der Waals surface area contributed by atoms with Crippen molar-refractivity contribution in [3.8, 4) is 0 Å². The monoisotopic (exact) mass is 152 g/mol. The van der Waals surface area contributed by atoms with Crippen molar-refractivity contribution in [2.75, 3.05) is 0 Å². The Morgan fingerprint density at radius 3 is 2.55 bits per heavy atom. The number of rotatable bonds is 1. The zero-order chi connectivity index (χ0) is 8.43. The van der Waals surface area contributed by atoms with Gasteiger partial charge in [-0.1, -0.05) is 39.3 Å². The second-order valence-electron chi connectivity index (χ2n) is 3.99. The maximum atomic E-state index is 2.45. The van der Waals surface area contributed by atoms with Crippen molar-refractivity contribution in [2.45, 2.75) is 40.5 Å². The van der Waals surface area contributed by atoms with Crippen LogP contribution in [0.3, 0.4) is 0 Å². The minimum Gasteiger partial charge on any atom is -0.0848 e. The van der Waals surface area contributed by atoms with Gasteiger partial charge >= 0.3 is 0 Å². The molecule has 0 heterocycles. The largest absolute Gasteiger partial charge is 0.0848 e. The summed E-state index contributed by atoms with van der Waals surface area (Å²) < 4.78 is 0. The third-order valence-electron chi connectivity index (χ3n) is 3.43. The fourth-order valence-electron chi connectivity index (χ4n) is 2.03. The van der Waals surface area contributed by atoms with E-state index in [0.717, 1.165) is 17.8 Å². The van der Waals surface area contributed by atoms with Crippen LogP contribution >= 0.6 is 0 Å². The summed E-state index contributed by atoms with van der Waals surface area (Å²) in [6, 6.07) is 0. The predicted molar refractivity (Wildman–Crippen MR) is 50.5 cm³/mol. The molecule has 0 N–H and O–H groups in total. The molecule has 0 heteroatoms. The SMILES string of the molecule is CCC1=CCC(C)C(C)C1C. The molecule has 0 amide bonds. The van der Waals surface area contributed by atoms with Crippen molar-refractivity contribution in [2.24, 2.45) is 17.8 Å². The molecule has 11 heavy (non-hydrogen) atoms. The van der Waals surface area contributed by atoms with Crippen LogP contribution in [-0.4, -0.2) is 0 Å². The molecule has 3 unspecified atom stereocenters. The van der Waals surface area contributed by atoms with E-state index in [1.807, 2.05) is 0 Å². The maximum absolute atomic E-state index is 2.45.